The standard InChI is InChI=1S/C48H32/c1-3-15-35-33(13-1)29-45(39-19-7-5-17-37(35)39)31-25-27-32(28-26-31)47-41-21-9-11-23-43(41)48(44-24-12-10-22-42(44)47)46-30-34-14-2-4-16-36(34)38-18-6-8-20-40(38)46/h1-3,5-15,17-30H,4,16H2. The Morgan fingerprint density at radius 2 is 0.854 bits per heavy atom. The first-order chi connectivity index (χ1) is 23.8. The predicted octanol–water partition coefficient (Wildman–Crippen LogP) is 13.4. The van der Waals surface area contributed by atoms with Gasteiger partial charge in [0.2, 0.25) is 0 Å². The molecule has 0 heteroatoms. The number of benzene rings is 9. The van der Waals surface area contributed by atoms with Gasteiger partial charge in [0.15, 0.2) is 0 Å². The molecular weight excluding hydrogens is 577 g/mol. The minimum absolute atomic E-state index is 1.10. The van der Waals surface area contributed by atoms with Gasteiger partial charge >= 0.3 is 0 Å². The average molecular weight is 609 g/mol. The first-order valence-electron chi connectivity index (χ1n) is 17.0. The van der Waals surface area contributed by atoms with Gasteiger partial charge in [0.25, 0.3) is 0 Å². The van der Waals surface area contributed by atoms with E-state index in [1.165, 1.54) is 98.4 Å². The molecule has 9 aromatic carbocycles. The zero-order chi connectivity index (χ0) is 31.6. The summed E-state index contributed by atoms with van der Waals surface area (Å²) in [6, 6.07) is 58.6. The fourth-order valence-electron chi connectivity index (χ4n) is 8.37. The summed E-state index contributed by atoms with van der Waals surface area (Å²) in [7, 11) is 0. The van der Waals surface area contributed by atoms with Gasteiger partial charge in [0.1, 0.15) is 0 Å². The van der Waals surface area contributed by atoms with Crippen molar-refractivity contribution in [3.8, 4) is 33.4 Å². The maximum Gasteiger partial charge on any atom is -0.00199 e. The number of fused-ring (bicyclic) bond motifs is 8. The molecule has 0 atom stereocenters. The molecule has 0 heterocycles. The van der Waals surface area contributed by atoms with E-state index < -0.39 is 0 Å². The maximum absolute atomic E-state index is 2.45. The van der Waals surface area contributed by atoms with Crippen molar-refractivity contribution < 1.29 is 0 Å². The summed E-state index contributed by atoms with van der Waals surface area (Å²) < 4.78 is 0. The molecule has 0 fully saturated rings. The molecule has 0 unspecified atom stereocenters. The molecule has 0 amide bonds. The van der Waals surface area contributed by atoms with E-state index in [0.717, 1.165) is 12.8 Å². The number of allylic oxidation sites excluding steroid dienone is 1. The second kappa shape index (κ2) is 10.8. The first kappa shape index (κ1) is 27.2. The molecule has 1 aliphatic carbocycles. The highest BCUT2D eigenvalue weighted by molar-refractivity contribution is 6.24. The monoisotopic (exact) mass is 608 g/mol. The maximum atomic E-state index is 2.45. The van der Waals surface area contributed by atoms with Gasteiger partial charge in [-0.1, -0.05) is 158 Å². The molecule has 0 spiro atoms. The lowest BCUT2D eigenvalue weighted by atomic mass is 9.82. The van der Waals surface area contributed by atoms with Crippen LogP contribution in [0, 0.1) is 0 Å². The van der Waals surface area contributed by atoms with Crippen molar-refractivity contribution in [1.82, 2.24) is 0 Å². The molecule has 0 aliphatic heterocycles. The summed E-state index contributed by atoms with van der Waals surface area (Å²) in [5.74, 6) is 0. The normalized spacial score (nSPS) is 12.8. The highest BCUT2D eigenvalue weighted by Crippen LogP contribution is 2.47. The van der Waals surface area contributed by atoms with Crippen molar-refractivity contribution in [2.75, 3.05) is 0 Å². The number of aryl methyl sites for hydroxylation is 1. The van der Waals surface area contributed by atoms with Crippen LogP contribution in [0.5, 0.6) is 0 Å². The molecule has 1 aliphatic rings. The van der Waals surface area contributed by atoms with Gasteiger partial charge in [-0.05, 0) is 123 Å². The van der Waals surface area contributed by atoms with Gasteiger partial charge in [0, 0.05) is 0 Å². The molecule has 0 nitrogen and oxygen atoms in total. The topological polar surface area (TPSA) is 0 Å². The third kappa shape index (κ3) is 4.09. The Bertz CT molecular complexity index is 2700. The Balaban J connectivity index is 1.21. The third-order valence-corrected chi connectivity index (χ3v) is 10.5. The Morgan fingerprint density at radius 3 is 1.52 bits per heavy atom. The smallest absolute Gasteiger partial charge is 0.00199 e. The first-order valence-corrected chi connectivity index (χ1v) is 17.0. The van der Waals surface area contributed by atoms with Crippen LogP contribution in [-0.4, -0.2) is 0 Å². The van der Waals surface area contributed by atoms with Crippen molar-refractivity contribution in [3.05, 3.63) is 175 Å². The van der Waals surface area contributed by atoms with Crippen LogP contribution >= 0.6 is 0 Å². The van der Waals surface area contributed by atoms with Gasteiger partial charge in [-0.3, -0.25) is 0 Å². The molecular formula is C48H32. The van der Waals surface area contributed by atoms with Crippen LogP contribution in [0.2, 0.25) is 0 Å². The van der Waals surface area contributed by atoms with E-state index in [1.54, 1.807) is 0 Å². The molecule has 0 N–H and O–H groups in total. The summed E-state index contributed by atoms with van der Waals surface area (Å²) >= 11 is 0. The summed E-state index contributed by atoms with van der Waals surface area (Å²) in [6.45, 7) is 0. The number of rotatable bonds is 3. The molecule has 9 aromatic rings. The Kier molecular flexibility index (Phi) is 6.11. The van der Waals surface area contributed by atoms with Crippen LogP contribution in [0.3, 0.4) is 0 Å². The van der Waals surface area contributed by atoms with Crippen molar-refractivity contribution >= 4 is 59.9 Å². The van der Waals surface area contributed by atoms with E-state index in [1.807, 2.05) is 0 Å². The molecule has 0 bridgehead atoms. The summed E-state index contributed by atoms with van der Waals surface area (Å²) in [5, 5.41) is 13.0. The second-order valence-electron chi connectivity index (χ2n) is 13.1. The highest BCUT2D eigenvalue weighted by Gasteiger charge is 2.20. The van der Waals surface area contributed by atoms with Crippen LogP contribution in [0.15, 0.2) is 164 Å². The lowest BCUT2D eigenvalue weighted by molar-refractivity contribution is 0.997. The van der Waals surface area contributed by atoms with Crippen LogP contribution in [0.1, 0.15) is 17.5 Å². The van der Waals surface area contributed by atoms with Crippen LogP contribution in [0.4, 0.5) is 0 Å². The van der Waals surface area contributed by atoms with Gasteiger partial charge in [0.05, 0.1) is 0 Å². The van der Waals surface area contributed by atoms with E-state index in [-0.39, 0.29) is 0 Å². The van der Waals surface area contributed by atoms with Crippen LogP contribution in [0.25, 0.3) is 93.3 Å². The zero-order valence-corrected chi connectivity index (χ0v) is 26.6. The minimum Gasteiger partial charge on any atom is -0.0836 e. The summed E-state index contributed by atoms with van der Waals surface area (Å²) in [5.41, 5.74) is 10.5. The Labute approximate surface area is 280 Å². The van der Waals surface area contributed by atoms with E-state index in [4.69, 9.17) is 0 Å². The van der Waals surface area contributed by atoms with Crippen molar-refractivity contribution in [2.24, 2.45) is 0 Å². The summed E-state index contributed by atoms with van der Waals surface area (Å²) in [4.78, 5) is 0. The van der Waals surface area contributed by atoms with Crippen LogP contribution in [-0.2, 0) is 6.42 Å². The largest absolute Gasteiger partial charge is 0.0836 e. The molecule has 224 valence electrons. The van der Waals surface area contributed by atoms with E-state index in [0.29, 0.717) is 0 Å². The molecule has 0 saturated carbocycles. The predicted molar refractivity (Wildman–Crippen MR) is 208 cm³/mol. The van der Waals surface area contributed by atoms with Crippen molar-refractivity contribution in [1.29, 1.82) is 0 Å². The van der Waals surface area contributed by atoms with Crippen molar-refractivity contribution in [2.45, 2.75) is 12.8 Å². The minimum atomic E-state index is 1.10. The Hall–Kier alpha value is -5.98. The lowest BCUT2D eigenvalue weighted by Crippen LogP contribution is -1.98. The second-order valence-corrected chi connectivity index (χ2v) is 13.1. The fraction of sp³-hybridized carbons (Fsp3) is 0.0417. The molecule has 0 aromatic heterocycles. The third-order valence-electron chi connectivity index (χ3n) is 10.5. The van der Waals surface area contributed by atoms with Crippen LogP contribution < -0.4 is 0 Å². The average Bonchev–Trinajstić information content (AvgIpc) is 3.16. The highest BCUT2D eigenvalue weighted by atomic mass is 14.2. The molecule has 0 radical (unpaired) electrons. The van der Waals surface area contributed by atoms with E-state index in [9.17, 15) is 0 Å². The molecule has 48 heavy (non-hydrogen) atoms. The van der Waals surface area contributed by atoms with Crippen molar-refractivity contribution in [3.63, 3.8) is 0 Å². The van der Waals surface area contributed by atoms with E-state index in [2.05, 4.69) is 170 Å². The zero-order valence-electron chi connectivity index (χ0n) is 26.6. The summed E-state index contributed by atoms with van der Waals surface area (Å²) in [6.07, 6.45) is 6.85. The Morgan fingerprint density at radius 1 is 0.354 bits per heavy atom. The molecule has 0 saturated heterocycles. The SMILES string of the molecule is C1=Cc2cc(-c3c4ccccc4c(-c4ccc(-c5cc6ccccc6c6ccccc56)cc4)c4ccccc34)c3ccccc3c2CC1. The lowest BCUT2D eigenvalue weighted by Gasteiger charge is -2.21. The number of hydrogen-bond acceptors (Lipinski definition) is 0. The van der Waals surface area contributed by atoms with Gasteiger partial charge in [-0.25, -0.2) is 0 Å². The van der Waals surface area contributed by atoms with Gasteiger partial charge < -0.3 is 0 Å². The fourth-order valence-corrected chi connectivity index (χ4v) is 8.37. The van der Waals surface area contributed by atoms with Gasteiger partial charge in [-0.15, -0.1) is 0 Å². The van der Waals surface area contributed by atoms with Gasteiger partial charge in [-0.2, -0.15) is 0 Å². The quantitative estimate of drug-likeness (QED) is 0.138. The number of hydrogen-bond donors (Lipinski definition) is 0. The molecule has 10 rings (SSSR count). The van der Waals surface area contributed by atoms with E-state index >= 15 is 0 Å².